The first-order valence-electron chi connectivity index (χ1n) is 6.58. The van der Waals surface area contributed by atoms with Crippen LogP contribution in [0, 0.1) is 5.41 Å². The summed E-state index contributed by atoms with van der Waals surface area (Å²) in [6, 6.07) is 7.72. The van der Waals surface area contributed by atoms with E-state index in [0.29, 0.717) is 6.42 Å². The fraction of sp³-hybridized carbons (Fsp3) is 0.438. The van der Waals surface area contributed by atoms with Crippen LogP contribution in [-0.4, -0.2) is 11.1 Å². The number of aliphatic carboxylic acids is 1. The summed E-state index contributed by atoms with van der Waals surface area (Å²) < 4.78 is 0. The highest BCUT2D eigenvalue weighted by Gasteiger charge is 2.25. The number of carbonyl (C=O) groups is 1. The smallest absolute Gasteiger partial charge is 0.309 e. The van der Waals surface area contributed by atoms with Crippen LogP contribution in [0.4, 0.5) is 0 Å². The third kappa shape index (κ3) is 5.48. The minimum Gasteiger partial charge on any atom is -0.481 e. The zero-order valence-corrected chi connectivity index (χ0v) is 12.3. The number of unbranched alkanes of at least 4 members (excludes halogenated alkanes) is 2. The van der Waals surface area contributed by atoms with Crippen molar-refractivity contribution in [2.24, 2.45) is 5.41 Å². The molecule has 19 heavy (non-hydrogen) atoms. The molecule has 0 unspecified atom stereocenters. The maximum absolute atomic E-state index is 10.9. The normalized spacial score (nSPS) is 11.9. The molecule has 0 aliphatic rings. The van der Waals surface area contributed by atoms with Crippen molar-refractivity contribution in [1.29, 1.82) is 0 Å². The molecule has 0 spiro atoms. The summed E-state index contributed by atoms with van der Waals surface area (Å²) in [7, 11) is 0. The summed E-state index contributed by atoms with van der Waals surface area (Å²) in [6.45, 7) is 3.55. The predicted molar refractivity (Wildman–Crippen MR) is 80.4 cm³/mol. The minimum absolute atomic E-state index is 0.619. The van der Waals surface area contributed by atoms with E-state index in [2.05, 4.69) is 6.08 Å². The van der Waals surface area contributed by atoms with Gasteiger partial charge in [-0.15, -0.1) is 0 Å². The summed E-state index contributed by atoms with van der Waals surface area (Å²) >= 11 is 6.04. The van der Waals surface area contributed by atoms with Crippen molar-refractivity contribution in [3.8, 4) is 0 Å². The van der Waals surface area contributed by atoms with Crippen LogP contribution >= 0.6 is 11.6 Å². The third-order valence-electron chi connectivity index (χ3n) is 3.20. The lowest BCUT2D eigenvalue weighted by atomic mass is 9.87. The number of hydrogen-bond donors (Lipinski definition) is 1. The van der Waals surface area contributed by atoms with E-state index in [4.69, 9.17) is 16.7 Å². The molecule has 0 amide bonds. The molecule has 0 atom stereocenters. The van der Waals surface area contributed by atoms with Gasteiger partial charge in [0.05, 0.1) is 5.41 Å². The van der Waals surface area contributed by atoms with Gasteiger partial charge in [-0.2, -0.15) is 0 Å². The molecule has 0 radical (unpaired) electrons. The molecule has 2 nitrogen and oxygen atoms in total. The lowest BCUT2D eigenvalue weighted by molar-refractivity contribution is -0.147. The van der Waals surface area contributed by atoms with Crippen molar-refractivity contribution >= 4 is 23.6 Å². The van der Waals surface area contributed by atoms with E-state index >= 15 is 0 Å². The van der Waals surface area contributed by atoms with Gasteiger partial charge >= 0.3 is 5.97 Å². The Labute approximate surface area is 120 Å². The fourth-order valence-corrected chi connectivity index (χ4v) is 1.96. The highest BCUT2D eigenvalue weighted by molar-refractivity contribution is 6.32. The molecule has 1 rings (SSSR count). The van der Waals surface area contributed by atoms with Gasteiger partial charge in [-0.1, -0.05) is 48.4 Å². The standard InChI is InChI=1S/C16H21ClO2/c1-16(2,15(18)19)12-8-4-3-5-9-13-10-6-7-11-14(13)17/h5-7,9-11H,3-4,8,12H2,1-2H3,(H,18,19). The Bertz CT molecular complexity index is 450. The van der Waals surface area contributed by atoms with Crippen LogP contribution in [0.2, 0.25) is 5.02 Å². The second-order valence-electron chi connectivity index (χ2n) is 5.36. The van der Waals surface area contributed by atoms with Crippen LogP contribution in [0.1, 0.15) is 45.1 Å². The van der Waals surface area contributed by atoms with E-state index in [0.717, 1.165) is 29.8 Å². The third-order valence-corrected chi connectivity index (χ3v) is 3.55. The van der Waals surface area contributed by atoms with Crippen molar-refractivity contribution in [3.63, 3.8) is 0 Å². The van der Waals surface area contributed by atoms with Crippen molar-refractivity contribution in [3.05, 3.63) is 40.9 Å². The van der Waals surface area contributed by atoms with Gasteiger partial charge in [-0.25, -0.2) is 0 Å². The van der Waals surface area contributed by atoms with Gasteiger partial charge in [0.25, 0.3) is 0 Å². The first-order chi connectivity index (χ1) is 8.93. The first kappa shape index (κ1) is 15.8. The molecule has 0 aliphatic carbocycles. The van der Waals surface area contributed by atoms with Crippen molar-refractivity contribution in [1.82, 2.24) is 0 Å². The fourth-order valence-electron chi connectivity index (χ4n) is 1.76. The predicted octanol–water partition coefficient (Wildman–Crippen LogP) is 5.02. The van der Waals surface area contributed by atoms with E-state index in [1.54, 1.807) is 13.8 Å². The second kappa shape index (κ2) is 7.34. The number of carboxylic acids is 1. The minimum atomic E-state index is -0.723. The van der Waals surface area contributed by atoms with Crippen molar-refractivity contribution in [2.45, 2.75) is 39.5 Å². The maximum atomic E-state index is 10.9. The lowest BCUT2D eigenvalue weighted by Gasteiger charge is -2.18. The number of rotatable bonds is 7. The Kier molecular flexibility index (Phi) is 6.10. The molecule has 0 bridgehead atoms. The number of hydrogen-bond acceptors (Lipinski definition) is 1. The van der Waals surface area contributed by atoms with E-state index in [1.165, 1.54) is 0 Å². The largest absolute Gasteiger partial charge is 0.481 e. The Morgan fingerprint density at radius 3 is 2.63 bits per heavy atom. The molecule has 0 aliphatic heterocycles. The van der Waals surface area contributed by atoms with Gasteiger partial charge in [-0.3, -0.25) is 4.79 Å². The average molecular weight is 281 g/mol. The van der Waals surface area contributed by atoms with Gasteiger partial charge in [-0.05, 0) is 44.7 Å². The van der Waals surface area contributed by atoms with Crippen molar-refractivity contribution in [2.75, 3.05) is 0 Å². The van der Waals surface area contributed by atoms with E-state index in [-0.39, 0.29) is 0 Å². The molecule has 1 aromatic carbocycles. The van der Waals surface area contributed by atoms with E-state index in [1.807, 2.05) is 30.3 Å². The molecule has 0 saturated heterocycles. The number of allylic oxidation sites excluding steroid dienone is 1. The molecule has 1 N–H and O–H groups in total. The number of benzene rings is 1. The summed E-state index contributed by atoms with van der Waals surface area (Å²) in [5.41, 5.74) is 0.405. The van der Waals surface area contributed by atoms with Gasteiger partial charge < -0.3 is 5.11 Å². The average Bonchev–Trinajstić information content (AvgIpc) is 2.35. The highest BCUT2D eigenvalue weighted by Crippen LogP contribution is 2.24. The van der Waals surface area contributed by atoms with Crippen LogP contribution in [0.5, 0.6) is 0 Å². The van der Waals surface area contributed by atoms with Gasteiger partial charge in [0.15, 0.2) is 0 Å². The van der Waals surface area contributed by atoms with Crippen LogP contribution in [-0.2, 0) is 4.79 Å². The Morgan fingerprint density at radius 2 is 2.00 bits per heavy atom. The number of halogens is 1. The SMILES string of the molecule is CC(C)(CCCCC=Cc1ccccc1Cl)C(=O)O. The van der Waals surface area contributed by atoms with Crippen molar-refractivity contribution < 1.29 is 9.90 Å². The molecule has 0 fully saturated rings. The molecule has 0 aromatic heterocycles. The summed E-state index contributed by atoms with van der Waals surface area (Å²) in [4.78, 5) is 10.9. The molecular weight excluding hydrogens is 260 g/mol. The Morgan fingerprint density at radius 1 is 1.32 bits per heavy atom. The molecule has 0 heterocycles. The van der Waals surface area contributed by atoms with Crippen LogP contribution in [0.15, 0.2) is 30.3 Å². The Balaban J connectivity index is 2.29. The molecular formula is C16H21ClO2. The second-order valence-corrected chi connectivity index (χ2v) is 5.77. The van der Waals surface area contributed by atoms with E-state index < -0.39 is 11.4 Å². The van der Waals surface area contributed by atoms with Gasteiger partial charge in [0, 0.05) is 5.02 Å². The van der Waals surface area contributed by atoms with E-state index in [9.17, 15) is 4.79 Å². The zero-order chi connectivity index (χ0) is 14.3. The lowest BCUT2D eigenvalue weighted by Crippen LogP contribution is -2.23. The summed E-state index contributed by atoms with van der Waals surface area (Å²) in [5, 5.41) is 9.75. The van der Waals surface area contributed by atoms with Gasteiger partial charge in [0.1, 0.15) is 0 Å². The first-order valence-corrected chi connectivity index (χ1v) is 6.96. The molecule has 3 heteroatoms. The van der Waals surface area contributed by atoms with Crippen LogP contribution in [0.25, 0.3) is 6.08 Å². The summed E-state index contributed by atoms with van der Waals surface area (Å²) in [5.74, 6) is -0.723. The van der Waals surface area contributed by atoms with Gasteiger partial charge in [0.2, 0.25) is 0 Å². The monoisotopic (exact) mass is 280 g/mol. The van der Waals surface area contributed by atoms with Crippen LogP contribution < -0.4 is 0 Å². The quantitative estimate of drug-likeness (QED) is 0.712. The molecule has 0 saturated carbocycles. The number of carboxylic acid groups (broad SMARTS) is 1. The topological polar surface area (TPSA) is 37.3 Å². The van der Waals surface area contributed by atoms with Crippen LogP contribution in [0.3, 0.4) is 0 Å². The Hall–Kier alpha value is -1.28. The molecule has 1 aromatic rings. The molecule has 104 valence electrons. The summed E-state index contributed by atoms with van der Waals surface area (Å²) in [6.07, 6.45) is 7.69. The maximum Gasteiger partial charge on any atom is 0.309 e. The zero-order valence-electron chi connectivity index (χ0n) is 11.5. The highest BCUT2D eigenvalue weighted by atomic mass is 35.5.